The number of aromatic nitrogens is 8. The number of phosphoric acid groups is 2. The molecule has 0 amide bonds. The summed E-state index contributed by atoms with van der Waals surface area (Å²) in [5.41, 5.74) is 5.50. The molecule has 0 radical (unpaired) electrons. The second-order valence-corrected chi connectivity index (χ2v) is 13.7. The number of imidazole rings is 1. The van der Waals surface area contributed by atoms with Gasteiger partial charge in [-0.1, -0.05) is 5.21 Å². The van der Waals surface area contributed by atoms with E-state index in [1.807, 2.05) is 0 Å². The molecule has 4 aromatic rings. The van der Waals surface area contributed by atoms with Gasteiger partial charge in [-0.3, -0.25) is 33.0 Å². The van der Waals surface area contributed by atoms with E-state index in [4.69, 9.17) is 15.2 Å². The van der Waals surface area contributed by atoms with Crippen molar-refractivity contribution in [1.29, 1.82) is 0 Å². The van der Waals surface area contributed by atoms with Gasteiger partial charge in [0.2, 0.25) is 5.95 Å². The number of ether oxygens (including phenoxy) is 2. The van der Waals surface area contributed by atoms with E-state index in [9.17, 15) is 49.2 Å². The van der Waals surface area contributed by atoms with E-state index in [2.05, 4.69) is 43.6 Å². The average Bonchev–Trinajstić information content (AvgIpc) is 3.75. The third-order valence-corrected chi connectivity index (χ3v) is 9.95. The normalized spacial score (nSPS) is 30.2. The Bertz CT molecular complexity index is 1960. The van der Waals surface area contributed by atoms with E-state index < -0.39 is 83.1 Å². The number of nitrogen functional groups attached to an aromatic ring is 1. The molecule has 2 fully saturated rings. The van der Waals surface area contributed by atoms with Crippen molar-refractivity contribution in [2.75, 3.05) is 12.3 Å². The van der Waals surface area contributed by atoms with Crippen molar-refractivity contribution in [1.82, 2.24) is 39.5 Å². The van der Waals surface area contributed by atoms with Crippen LogP contribution in [0.1, 0.15) is 6.23 Å². The van der Waals surface area contributed by atoms with Crippen LogP contribution >= 0.6 is 15.6 Å². The zero-order valence-corrected chi connectivity index (χ0v) is 32.3. The quantitative estimate of drug-likeness (QED) is 0.0549. The van der Waals surface area contributed by atoms with Crippen LogP contribution in [0.15, 0.2) is 41.8 Å². The molecule has 2 saturated heterocycles. The predicted octanol–water partition coefficient (Wildman–Crippen LogP) is -10.5. The van der Waals surface area contributed by atoms with Crippen LogP contribution in [0.5, 0.6) is 0 Å². The summed E-state index contributed by atoms with van der Waals surface area (Å²) in [5, 5.41) is 59.9. The molecule has 6 heterocycles. The molecule has 2 aliphatic rings. The largest absolute Gasteiger partial charge is 1.00 e. The van der Waals surface area contributed by atoms with Gasteiger partial charge in [-0.15, -0.1) is 5.10 Å². The number of nitrogens with two attached hydrogens (primary N) is 1. The van der Waals surface area contributed by atoms with Crippen LogP contribution in [0.25, 0.3) is 22.4 Å². The number of phosphoric ester groups is 2. The van der Waals surface area contributed by atoms with Crippen LogP contribution in [-0.2, 0) is 38.5 Å². The molecule has 2 unspecified atom stereocenters. The van der Waals surface area contributed by atoms with Gasteiger partial charge in [0, 0.05) is 18.0 Å². The minimum absolute atomic E-state index is 0. The van der Waals surface area contributed by atoms with Gasteiger partial charge >= 0.3 is 59.1 Å². The standard InChI is InChI=1S/C23H29N9O15P2.2Na/c24-23-27-19-13(20(38)28-23)26-8-32(19)21-17(36)15(34)12(44-21)7-43-48(39,40)47-49(41,42)46-22-18(37)16(35)14(33)11(45-22)6-31-5-10(29-30-31)9-2-1-3-25-4-9;;/h1-5,8,11-12,14-18,21-22,33-37H,6-7H2,(H,39,40)(H,41,42)(H3,24,27,28,38);;/q;2*+1/p-2/t11-,12+,14+,15+,16+,17+,18-,21+,22+;;/m0../s1. The number of aromatic amines is 1. The average molecular weight is 777 g/mol. The van der Waals surface area contributed by atoms with E-state index in [0.717, 1.165) is 10.9 Å². The Kier molecular flexibility index (Phi) is 13.9. The Labute approximate surface area is 329 Å². The molecule has 6 rings (SSSR count). The maximum Gasteiger partial charge on any atom is 1.00 e. The van der Waals surface area contributed by atoms with Crippen molar-refractivity contribution < 1.29 is 126 Å². The Hall–Kier alpha value is -1.58. The molecule has 28 heteroatoms. The van der Waals surface area contributed by atoms with Crippen molar-refractivity contribution >= 4 is 32.8 Å². The van der Waals surface area contributed by atoms with E-state index in [1.165, 1.54) is 17.1 Å². The van der Waals surface area contributed by atoms with Crippen LogP contribution in [0.2, 0.25) is 0 Å². The number of H-pyrrole nitrogens is 1. The molecule has 0 bridgehead atoms. The van der Waals surface area contributed by atoms with Crippen molar-refractivity contribution in [3.63, 3.8) is 0 Å². The second kappa shape index (κ2) is 16.8. The number of nitrogens with one attached hydrogen (secondary N) is 1. The summed E-state index contributed by atoms with van der Waals surface area (Å²) in [6, 6.07) is 3.36. The van der Waals surface area contributed by atoms with Crippen LogP contribution in [-0.4, -0.2) is 121 Å². The predicted molar refractivity (Wildman–Crippen MR) is 152 cm³/mol. The van der Waals surface area contributed by atoms with Crippen molar-refractivity contribution in [3.8, 4) is 11.3 Å². The third-order valence-electron chi connectivity index (χ3n) is 7.42. The summed E-state index contributed by atoms with van der Waals surface area (Å²) in [5.74, 6) is -0.293. The SMILES string of the molecule is Nc1nc2c(ncn2[C@@H]2O[C@H](COP(=O)([O-])OP(=O)([O-])O[C@H]3O[C@@H](Cn4cc(-c5cccnc5)nn4)[C@@H](O)[C@@H](O)[C@@H]3O)[C@@H](O)[C@H]2O)c(=O)[nH]1.[Na+].[Na+]. The van der Waals surface area contributed by atoms with Gasteiger partial charge in [0.05, 0.1) is 25.7 Å². The first-order valence-electron chi connectivity index (χ1n) is 14.0. The van der Waals surface area contributed by atoms with Crippen LogP contribution < -0.4 is 80.2 Å². The molecule has 51 heavy (non-hydrogen) atoms. The fraction of sp³-hybridized carbons (Fsp3) is 0.478. The summed E-state index contributed by atoms with van der Waals surface area (Å²) in [7, 11) is -11.8. The summed E-state index contributed by atoms with van der Waals surface area (Å²) in [4.78, 5) is 51.0. The molecule has 2 aliphatic heterocycles. The van der Waals surface area contributed by atoms with Crippen LogP contribution in [0.4, 0.5) is 5.95 Å². The van der Waals surface area contributed by atoms with E-state index in [1.54, 1.807) is 18.3 Å². The molecule has 24 nitrogen and oxygen atoms in total. The van der Waals surface area contributed by atoms with Gasteiger partial charge < -0.3 is 55.1 Å². The summed E-state index contributed by atoms with van der Waals surface area (Å²) < 4.78 is 51.2. The zero-order chi connectivity index (χ0) is 35.2. The van der Waals surface area contributed by atoms with Crippen LogP contribution in [0, 0.1) is 0 Å². The molecule has 11 atom stereocenters. The molecule has 0 aromatic carbocycles. The molecule has 4 aromatic heterocycles. The van der Waals surface area contributed by atoms with Crippen molar-refractivity contribution in [3.05, 3.63) is 47.4 Å². The number of fused-ring (bicyclic) bond motifs is 1. The fourth-order valence-corrected chi connectivity index (χ4v) is 7.14. The van der Waals surface area contributed by atoms with Gasteiger partial charge in [0.25, 0.3) is 21.2 Å². The van der Waals surface area contributed by atoms with E-state index in [0.29, 0.717) is 11.3 Å². The number of aliphatic hydroxyl groups excluding tert-OH is 5. The number of hydrogen-bond acceptors (Lipinski definition) is 21. The maximum atomic E-state index is 12.6. The molecular weight excluding hydrogens is 750 g/mol. The second-order valence-electron chi connectivity index (χ2n) is 10.8. The van der Waals surface area contributed by atoms with E-state index >= 15 is 0 Å². The van der Waals surface area contributed by atoms with Crippen molar-refractivity contribution in [2.24, 2.45) is 0 Å². The van der Waals surface area contributed by atoms with Crippen LogP contribution in [0.3, 0.4) is 0 Å². The molecule has 0 saturated carbocycles. The fourth-order valence-electron chi connectivity index (χ4n) is 5.06. The first-order chi connectivity index (χ1) is 23.1. The number of aliphatic hydroxyl groups is 5. The summed E-state index contributed by atoms with van der Waals surface area (Å²) in [6.45, 7) is -1.43. The van der Waals surface area contributed by atoms with Crippen molar-refractivity contribution in [2.45, 2.75) is 61.8 Å². The summed E-state index contributed by atoms with van der Waals surface area (Å²) >= 11 is 0. The number of hydrogen-bond donors (Lipinski definition) is 7. The number of nitrogens with zero attached hydrogens (tertiary/aromatic N) is 7. The monoisotopic (exact) mass is 777 g/mol. The van der Waals surface area contributed by atoms with Gasteiger partial charge in [-0.25, -0.2) is 14.0 Å². The minimum Gasteiger partial charge on any atom is -0.756 e. The maximum absolute atomic E-state index is 12.6. The molecule has 266 valence electrons. The Balaban J connectivity index is 0.00000292. The van der Waals surface area contributed by atoms with Gasteiger partial charge in [0.15, 0.2) is 23.7 Å². The molecule has 0 spiro atoms. The first kappa shape index (κ1) is 42.2. The van der Waals surface area contributed by atoms with E-state index in [-0.39, 0.29) is 82.8 Å². The number of rotatable bonds is 11. The topological polar surface area (TPSA) is 361 Å². The third kappa shape index (κ3) is 9.39. The number of pyridine rings is 1. The summed E-state index contributed by atoms with van der Waals surface area (Å²) in [6.07, 6.45) is -10.8. The Morgan fingerprint density at radius 3 is 2.43 bits per heavy atom. The van der Waals surface area contributed by atoms with Gasteiger partial charge in [0.1, 0.15) is 48.4 Å². The zero-order valence-electron chi connectivity index (χ0n) is 26.5. The van der Waals surface area contributed by atoms with Gasteiger partial charge in [-0.2, -0.15) is 4.98 Å². The Morgan fingerprint density at radius 1 is 1.00 bits per heavy atom. The molecule has 8 N–H and O–H groups in total. The van der Waals surface area contributed by atoms with Gasteiger partial charge in [-0.05, 0) is 12.1 Å². The minimum atomic E-state index is -5.98. The molecule has 0 aliphatic carbocycles. The Morgan fingerprint density at radius 2 is 1.73 bits per heavy atom. The number of anilines is 1. The molecular formula is C23H27N9Na2O15P2. The first-order valence-corrected chi connectivity index (χ1v) is 16.9. The smallest absolute Gasteiger partial charge is 0.756 e.